The van der Waals surface area contributed by atoms with Crippen LogP contribution in [0.4, 0.5) is 22.7 Å². The topological polar surface area (TPSA) is 396 Å². The van der Waals surface area contributed by atoms with Gasteiger partial charge in [-0.15, -0.1) is 0 Å². The van der Waals surface area contributed by atoms with Gasteiger partial charge in [-0.2, -0.15) is 0 Å². The number of anilines is 4. The number of halogens is 1. The van der Waals surface area contributed by atoms with E-state index < -0.39 is 11.9 Å². The number of fused-ring (bicyclic) bond motifs is 5. The summed E-state index contributed by atoms with van der Waals surface area (Å²) in [7, 11) is 17.7. The van der Waals surface area contributed by atoms with E-state index >= 15 is 0 Å². The van der Waals surface area contributed by atoms with Crippen molar-refractivity contribution in [2.24, 2.45) is 17.4 Å². The first-order valence-corrected chi connectivity index (χ1v) is 51.0. The molecule has 7 aliphatic rings. The van der Waals surface area contributed by atoms with Gasteiger partial charge in [0.25, 0.3) is 0 Å². The van der Waals surface area contributed by atoms with Crippen molar-refractivity contribution in [3.8, 4) is 56.3 Å². The summed E-state index contributed by atoms with van der Waals surface area (Å²) in [5.41, 5.74) is 30.9. The zero-order valence-electron chi connectivity index (χ0n) is 85.5. The minimum Gasteiger partial charge on any atom is -0.478 e. The molecule has 15 aromatic rings. The predicted octanol–water partition coefficient (Wildman–Crippen LogP) is 17.2. The fraction of sp³-hybridized carbons (Fsp3) is 0.348. The van der Waals surface area contributed by atoms with Crippen molar-refractivity contribution in [2.45, 2.75) is 100 Å². The standard InChI is InChI=1S/C27H33N5O.C21H22N4O2.2C20H20N4O2.C16H11ClN2O2.C6H14N2.C5H12N2/c1-31-12-8-19(9-13-31)15-27(33)21-5-3-20(4-6-21)25-16-26(29-22-10-14-32(2)18-22)23-17-28-11-7-24(23)30-25;1-25-10-8-16(13-25)23-20-11-19(24-18-7-9-22-12-17(18)20)14-3-5-15(6-4-14)21(26)27-2;2*1-24-9-7-15(12-24)22-19-10-18(23-17-6-8-21-11-16(17)19)13-2-4-14(5-3-13)20(25)26;1-21-16(20)11-4-2-10(3-5-11)15-8-13(17)12-9-18-7-6-14(12)19-15;1-8-4-2-6(7)3-5-8;1-7-3-2-5(6)4-7/h3-7,11,16-17,19,22H,8-10,12-15,18H2,1-2H3,(H,29,30);3-7,9,11-12,16H,8,10,13H2,1-2H3,(H,23,24);2*2-6,8,10-11,15H,7,9,12H2,1H3,(H,22,23)(H,25,26);2-9H,1H3;6H,2-5,7H2,1H3;5H,2-4,6H2,1H3. The number of nitrogens with one attached hydrogen (secondary N) is 4. The number of esters is 2. The van der Waals surface area contributed by atoms with Crippen LogP contribution in [0.5, 0.6) is 0 Å². The van der Waals surface area contributed by atoms with E-state index in [1.54, 1.807) is 116 Å². The van der Waals surface area contributed by atoms with Gasteiger partial charge in [-0.1, -0.05) is 84.4 Å². The van der Waals surface area contributed by atoms with Gasteiger partial charge in [0.2, 0.25) is 0 Å². The molecule has 17 heterocycles. The molecule has 0 bridgehead atoms. The molecule has 0 saturated carbocycles. The molecule has 5 atom stereocenters. The first kappa shape index (κ1) is 106. The summed E-state index contributed by atoms with van der Waals surface area (Å²) in [5.74, 6) is -1.80. The summed E-state index contributed by atoms with van der Waals surface area (Å²) in [4.78, 5) is 119. The van der Waals surface area contributed by atoms with E-state index in [1.807, 2.05) is 116 Å². The average molecular weight is 2020 g/mol. The van der Waals surface area contributed by atoms with E-state index in [1.165, 1.54) is 53.1 Å². The van der Waals surface area contributed by atoms with Gasteiger partial charge in [0.15, 0.2) is 5.78 Å². The second-order valence-electron chi connectivity index (χ2n) is 39.5. The quantitative estimate of drug-likeness (QED) is 0.0259. The molecule has 5 aromatic carbocycles. The molecule has 7 fully saturated rings. The van der Waals surface area contributed by atoms with Gasteiger partial charge in [0.1, 0.15) is 0 Å². The van der Waals surface area contributed by atoms with Crippen LogP contribution < -0.4 is 32.7 Å². The van der Waals surface area contributed by atoms with Gasteiger partial charge in [-0.25, -0.2) is 44.1 Å². The second kappa shape index (κ2) is 50.8. The Kier molecular flexibility index (Phi) is 36.5. The molecule has 10 N–H and O–H groups in total. The van der Waals surface area contributed by atoms with Crippen molar-refractivity contribution >= 4 is 119 Å². The van der Waals surface area contributed by atoms with Crippen LogP contribution in [0.2, 0.25) is 5.02 Å². The summed E-state index contributed by atoms with van der Waals surface area (Å²) in [5, 5.41) is 38.3. The van der Waals surface area contributed by atoms with E-state index in [2.05, 4.69) is 152 Å². The SMILES string of the molecule is CN1CCC(CC(=O)c2ccc(-c3cc(NC4CCN(C)C4)c4cnccc4n3)cc2)CC1.CN1CCC(N)C1.CN1CCC(N)CC1.CN1CCC(Nc2cc(-c3ccc(C(=O)O)cc3)nc3ccncc23)C1.CN1CCC(Nc2cc(-c3ccc(C(=O)O)cc3)nc3ccncc23)C1.COC(=O)c1ccc(-c2cc(Cl)c3cnccc3n2)cc1.COC(=O)c1ccc(-c2cc(NC3CCN(C)C3)c3cnccc3n2)cc1. The lowest BCUT2D eigenvalue weighted by Crippen LogP contribution is -2.37. The Hall–Kier alpha value is -14.4. The summed E-state index contributed by atoms with van der Waals surface area (Å²) in [6.07, 6.45) is 28.6. The minimum absolute atomic E-state index is 0.251. The van der Waals surface area contributed by atoms with E-state index in [0.29, 0.717) is 64.7 Å². The number of aromatic carboxylic acids is 2. The number of nitrogens with two attached hydrogens (primary N) is 2. The highest BCUT2D eigenvalue weighted by Gasteiger charge is 2.28. The number of rotatable bonds is 20. The molecule has 0 aliphatic carbocycles. The normalized spacial score (nSPS) is 18.4. The van der Waals surface area contributed by atoms with Crippen molar-refractivity contribution in [1.29, 1.82) is 0 Å². The fourth-order valence-corrected chi connectivity index (χ4v) is 19.7. The van der Waals surface area contributed by atoms with Crippen molar-refractivity contribution in [1.82, 2.24) is 84.1 Å². The number of hydrogen-bond acceptors (Lipinski definition) is 30. The summed E-state index contributed by atoms with van der Waals surface area (Å²) < 4.78 is 9.44. The second-order valence-corrected chi connectivity index (χ2v) is 40.0. The Morgan fingerprint density at radius 2 is 0.568 bits per heavy atom. The lowest BCUT2D eigenvalue weighted by atomic mass is 9.90. The molecule has 148 heavy (non-hydrogen) atoms. The van der Waals surface area contributed by atoms with Gasteiger partial charge < -0.3 is 86.7 Å². The number of likely N-dealkylation sites (N-methyl/N-ethyl adjacent to an activating group) is 5. The molecule has 768 valence electrons. The molecule has 0 radical (unpaired) electrons. The molecule has 32 nitrogen and oxygen atoms in total. The van der Waals surface area contributed by atoms with Gasteiger partial charge in [0.05, 0.1) is 97.5 Å². The number of likely N-dealkylation sites (tertiary alicyclic amines) is 7. The average Bonchev–Trinajstić information content (AvgIpc) is 0.849. The maximum atomic E-state index is 12.8. The van der Waals surface area contributed by atoms with Gasteiger partial charge in [0, 0.05) is 220 Å². The summed E-state index contributed by atoms with van der Waals surface area (Å²) in [6.45, 7) is 15.3. The van der Waals surface area contributed by atoms with Crippen molar-refractivity contribution in [3.63, 3.8) is 0 Å². The Morgan fingerprint density at radius 1 is 0.318 bits per heavy atom. The van der Waals surface area contributed by atoms with E-state index in [9.17, 15) is 24.0 Å². The first-order chi connectivity index (χ1) is 71.6. The number of methoxy groups -OCH3 is 2. The summed E-state index contributed by atoms with van der Waals surface area (Å²) >= 11 is 6.26. The van der Waals surface area contributed by atoms with Crippen LogP contribution in [0.1, 0.15) is 116 Å². The maximum Gasteiger partial charge on any atom is 0.337 e. The number of carbonyl (C=O) groups is 5. The molecule has 0 spiro atoms. The Labute approximate surface area is 868 Å². The smallest absolute Gasteiger partial charge is 0.337 e. The minimum atomic E-state index is -0.929. The summed E-state index contributed by atoms with van der Waals surface area (Å²) in [6, 6.07) is 58.0. The zero-order valence-corrected chi connectivity index (χ0v) is 86.2. The number of carboxylic acids is 2. The van der Waals surface area contributed by atoms with Crippen LogP contribution in [-0.2, 0) is 9.47 Å². The Bertz CT molecular complexity index is 6890. The molecule has 22 rings (SSSR count). The largest absolute Gasteiger partial charge is 0.478 e. The van der Waals surface area contributed by atoms with Crippen molar-refractivity contribution in [2.75, 3.05) is 176 Å². The van der Waals surface area contributed by atoms with Crippen molar-refractivity contribution < 1.29 is 43.7 Å². The van der Waals surface area contributed by atoms with Crippen LogP contribution in [0.3, 0.4) is 0 Å². The molecular weight excluding hydrogens is 1880 g/mol. The van der Waals surface area contributed by atoms with Crippen molar-refractivity contribution in [3.05, 3.63) is 277 Å². The molecular formula is C115H132ClN23O9. The lowest BCUT2D eigenvalue weighted by molar-refractivity contribution is 0.0592. The van der Waals surface area contributed by atoms with Crippen LogP contribution >= 0.6 is 11.6 Å². The number of hydrogen-bond donors (Lipinski definition) is 8. The van der Waals surface area contributed by atoms with Crippen LogP contribution in [0.15, 0.2) is 244 Å². The van der Waals surface area contributed by atoms with Gasteiger partial charge in [-0.3, -0.25) is 29.7 Å². The number of ketones is 1. The third-order valence-electron chi connectivity index (χ3n) is 28.1. The van der Waals surface area contributed by atoms with Crippen LogP contribution in [0.25, 0.3) is 111 Å². The number of carboxylic acid groups (broad SMARTS) is 2. The number of benzene rings is 5. The third kappa shape index (κ3) is 28.7. The maximum absolute atomic E-state index is 12.8. The Morgan fingerprint density at radius 3 is 0.824 bits per heavy atom. The monoisotopic (exact) mass is 2010 g/mol. The van der Waals surface area contributed by atoms with E-state index in [4.69, 9.17) is 58.0 Å². The molecule has 7 aliphatic heterocycles. The van der Waals surface area contributed by atoms with Crippen LogP contribution in [-0.4, -0.2) is 315 Å². The highest BCUT2D eigenvalue weighted by molar-refractivity contribution is 6.35. The third-order valence-corrected chi connectivity index (χ3v) is 28.4. The van der Waals surface area contributed by atoms with Gasteiger partial charge in [-0.05, 0) is 281 Å². The molecule has 10 aromatic heterocycles. The predicted molar refractivity (Wildman–Crippen MR) is 589 cm³/mol. The molecule has 7 saturated heterocycles. The molecule has 0 amide bonds. The number of Topliss-reactive ketones (excluding diaryl/α,β-unsaturated/α-hetero) is 1. The van der Waals surface area contributed by atoms with E-state index in [0.717, 1.165) is 250 Å². The highest BCUT2D eigenvalue weighted by atomic mass is 35.5. The number of pyridine rings is 10. The zero-order chi connectivity index (χ0) is 104. The van der Waals surface area contributed by atoms with Gasteiger partial charge >= 0.3 is 23.9 Å². The number of ether oxygens (including phenoxy) is 2. The molecule has 5 unspecified atom stereocenters. The molecule has 33 heteroatoms. The Balaban J connectivity index is 0.000000128. The number of aromatic nitrogens is 10. The fourth-order valence-electron chi connectivity index (χ4n) is 19.4. The number of carbonyl (C=O) groups excluding carboxylic acids is 3. The lowest BCUT2D eigenvalue weighted by Gasteiger charge is -2.28. The number of piperidine rings is 2. The number of nitrogens with zero attached hydrogens (tertiary/aromatic N) is 17. The first-order valence-electron chi connectivity index (χ1n) is 50.6. The highest BCUT2D eigenvalue weighted by Crippen LogP contribution is 2.37. The van der Waals surface area contributed by atoms with E-state index in [-0.39, 0.29) is 28.8 Å². The van der Waals surface area contributed by atoms with Crippen LogP contribution in [0, 0.1) is 5.92 Å².